The first-order valence-corrected chi connectivity index (χ1v) is 8.16. The summed E-state index contributed by atoms with van der Waals surface area (Å²) in [5.74, 6) is 1.44. The number of aromatic nitrogens is 2. The Kier molecular flexibility index (Phi) is 5.41. The van der Waals surface area contributed by atoms with Crippen molar-refractivity contribution in [2.45, 2.75) is 19.8 Å². The van der Waals surface area contributed by atoms with Gasteiger partial charge in [-0.05, 0) is 48.4 Å². The molecule has 3 rings (SSSR count). The summed E-state index contributed by atoms with van der Waals surface area (Å²) in [6.45, 7) is 1.83. The lowest BCUT2D eigenvalue weighted by Gasteiger charge is -2.14. The minimum absolute atomic E-state index is 0.0232. The number of halogens is 2. The molecule has 0 amide bonds. The fourth-order valence-corrected chi connectivity index (χ4v) is 2.72. The number of alkyl halides is 2. The van der Waals surface area contributed by atoms with Crippen LogP contribution in [0.1, 0.15) is 24.5 Å². The van der Waals surface area contributed by atoms with E-state index in [2.05, 4.69) is 9.97 Å². The maximum Gasteiger partial charge on any atom is 0.264 e. The third-order valence-corrected chi connectivity index (χ3v) is 4.01. The molecule has 134 valence electrons. The van der Waals surface area contributed by atoms with E-state index in [9.17, 15) is 8.78 Å². The summed E-state index contributed by atoms with van der Waals surface area (Å²) in [4.78, 5) is 8.41. The number of aryl methyl sites for hydroxylation is 1. The molecule has 0 bridgehead atoms. The molecule has 6 heteroatoms. The maximum atomic E-state index is 13.1. The van der Waals surface area contributed by atoms with Crippen LogP contribution in [0.4, 0.5) is 8.78 Å². The van der Waals surface area contributed by atoms with Crippen molar-refractivity contribution >= 4 is 0 Å². The van der Waals surface area contributed by atoms with Gasteiger partial charge in [-0.3, -0.25) is 4.98 Å². The second-order valence-electron chi connectivity index (χ2n) is 5.55. The highest BCUT2D eigenvalue weighted by Gasteiger charge is 2.16. The fourth-order valence-electron chi connectivity index (χ4n) is 2.72. The van der Waals surface area contributed by atoms with Gasteiger partial charge in [0.15, 0.2) is 0 Å². The van der Waals surface area contributed by atoms with Gasteiger partial charge in [0.2, 0.25) is 5.88 Å². The number of pyridine rings is 2. The van der Waals surface area contributed by atoms with E-state index in [-0.39, 0.29) is 5.56 Å². The lowest BCUT2D eigenvalue weighted by atomic mass is 10.1. The predicted octanol–water partition coefficient (Wildman–Crippen LogP) is 5.44. The normalized spacial score (nSPS) is 10.8. The van der Waals surface area contributed by atoms with Crippen LogP contribution < -0.4 is 9.47 Å². The van der Waals surface area contributed by atoms with Crippen LogP contribution in [-0.2, 0) is 6.42 Å². The van der Waals surface area contributed by atoms with E-state index in [0.717, 1.165) is 5.56 Å². The van der Waals surface area contributed by atoms with Gasteiger partial charge in [-0.15, -0.1) is 0 Å². The van der Waals surface area contributed by atoms with Crippen LogP contribution in [0.15, 0.2) is 55.0 Å². The van der Waals surface area contributed by atoms with Gasteiger partial charge in [0.25, 0.3) is 6.43 Å². The van der Waals surface area contributed by atoms with Crippen LogP contribution in [0.2, 0.25) is 0 Å². The van der Waals surface area contributed by atoms with Crippen LogP contribution in [0.25, 0.3) is 11.1 Å². The largest absolute Gasteiger partial charge is 0.496 e. The summed E-state index contributed by atoms with van der Waals surface area (Å²) < 4.78 is 37.4. The second-order valence-corrected chi connectivity index (χ2v) is 5.55. The molecule has 0 saturated heterocycles. The minimum atomic E-state index is -2.51. The average Bonchev–Trinajstić information content (AvgIpc) is 2.68. The highest BCUT2D eigenvalue weighted by Crippen LogP contribution is 2.37. The molecule has 2 heterocycles. The Hall–Kier alpha value is -3.02. The molecule has 4 nitrogen and oxygen atoms in total. The fraction of sp³-hybridized carbons (Fsp3) is 0.200. The molecule has 0 aliphatic heterocycles. The molecule has 0 N–H and O–H groups in total. The molecule has 0 saturated carbocycles. The van der Waals surface area contributed by atoms with Crippen molar-refractivity contribution in [1.82, 2.24) is 9.97 Å². The molecule has 0 atom stereocenters. The first kappa shape index (κ1) is 17.8. The Morgan fingerprint density at radius 2 is 1.92 bits per heavy atom. The molecule has 0 unspecified atom stereocenters. The average molecular weight is 356 g/mol. The monoisotopic (exact) mass is 356 g/mol. The van der Waals surface area contributed by atoms with Gasteiger partial charge in [0.05, 0.1) is 7.11 Å². The summed E-state index contributed by atoms with van der Waals surface area (Å²) in [6.07, 6.45) is 2.89. The predicted molar refractivity (Wildman–Crippen MR) is 94.9 cm³/mol. The lowest BCUT2D eigenvalue weighted by molar-refractivity contribution is 0.150. The van der Waals surface area contributed by atoms with E-state index in [4.69, 9.17) is 9.47 Å². The van der Waals surface area contributed by atoms with Crippen LogP contribution in [0.5, 0.6) is 17.4 Å². The van der Waals surface area contributed by atoms with Gasteiger partial charge < -0.3 is 9.47 Å². The van der Waals surface area contributed by atoms with Gasteiger partial charge in [-0.1, -0.05) is 6.92 Å². The third kappa shape index (κ3) is 3.64. The van der Waals surface area contributed by atoms with Crippen molar-refractivity contribution < 1.29 is 18.3 Å². The van der Waals surface area contributed by atoms with Crippen LogP contribution >= 0.6 is 0 Å². The Morgan fingerprint density at radius 3 is 2.65 bits per heavy atom. The van der Waals surface area contributed by atoms with E-state index in [0.29, 0.717) is 34.9 Å². The van der Waals surface area contributed by atoms with E-state index < -0.39 is 6.43 Å². The third-order valence-electron chi connectivity index (χ3n) is 4.01. The standard InChI is InChI=1S/C20H18F2N2O2/c1-3-13-11-14(6-7-15(13)19(21)22)26-20-16(5-4-9-24-20)17-12-23-10-8-18(17)25-2/h4-12,19H,3H2,1-2H3. The van der Waals surface area contributed by atoms with E-state index in [1.165, 1.54) is 12.1 Å². The Labute approximate surface area is 150 Å². The van der Waals surface area contributed by atoms with Gasteiger partial charge in [-0.25, -0.2) is 13.8 Å². The topological polar surface area (TPSA) is 44.2 Å². The summed E-state index contributed by atoms with van der Waals surface area (Å²) in [7, 11) is 1.58. The minimum Gasteiger partial charge on any atom is -0.496 e. The lowest BCUT2D eigenvalue weighted by Crippen LogP contribution is -1.97. The van der Waals surface area contributed by atoms with Crippen molar-refractivity contribution in [1.29, 1.82) is 0 Å². The van der Waals surface area contributed by atoms with Gasteiger partial charge in [0, 0.05) is 35.3 Å². The highest BCUT2D eigenvalue weighted by molar-refractivity contribution is 5.73. The molecule has 0 fully saturated rings. The summed E-state index contributed by atoms with van der Waals surface area (Å²) in [5.41, 5.74) is 2.01. The first-order chi connectivity index (χ1) is 12.6. The molecule has 0 aliphatic rings. The SMILES string of the molecule is CCc1cc(Oc2ncccc2-c2cnccc2OC)ccc1C(F)F. The Bertz CT molecular complexity index is 900. The molecular formula is C20H18F2N2O2. The van der Waals surface area contributed by atoms with Crippen LogP contribution in [0, 0.1) is 0 Å². The van der Waals surface area contributed by atoms with Crippen LogP contribution in [0.3, 0.4) is 0 Å². The molecule has 1 aromatic carbocycles. The zero-order chi connectivity index (χ0) is 18.5. The van der Waals surface area contributed by atoms with Gasteiger partial charge in [-0.2, -0.15) is 0 Å². The van der Waals surface area contributed by atoms with Crippen molar-refractivity contribution in [3.8, 4) is 28.5 Å². The van der Waals surface area contributed by atoms with Crippen molar-refractivity contribution in [3.63, 3.8) is 0 Å². The Morgan fingerprint density at radius 1 is 1.08 bits per heavy atom. The number of hydrogen-bond acceptors (Lipinski definition) is 4. The number of rotatable bonds is 6. The van der Waals surface area contributed by atoms with Gasteiger partial charge in [0.1, 0.15) is 11.5 Å². The summed E-state index contributed by atoms with van der Waals surface area (Å²) in [6, 6.07) is 9.92. The smallest absolute Gasteiger partial charge is 0.264 e. The summed E-state index contributed by atoms with van der Waals surface area (Å²) in [5, 5.41) is 0. The molecule has 0 radical (unpaired) electrons. The number of nitrogens with zero attached hydrogens (tertiary/aromatic N) is 2. The number of ether oxygens (including phenoxy) is 2. The molecular weight excluding hydrogens is 338 g/mol. The quantitative estimate of drug-likeness (QED) is 0.589. The second kappa shape index (κ2) is 7.91. The molecule has 26 heavy (non-hydrogen) atoms. The van der Waals surface area contributed by atoms with Crippen LogP contribution in [-0.4, -0.2) is 17.1 Å². The molecule has 0 spiro atoms. The maximum absolute atomic E-state index is 13.1. The zero-order valence-electron chi connectivity index (χ0n) is 14.4. The van der Waals surface area contributed by atoms with Gasteiger partial charge >= 0.3 is 0 Å². The molecule has 2 aromatic heterocycles. The number of methoxy groups -OCH3 is 1. The van der Waals surface area contributed by atoms with E-state index in [1.807, 2.05) is 13.0 Å². The zero-order valence-corrected chi connectivity index (χ0v) is 14.4. The van der Waals surface area contributed by atoms with Crippen molar-refractivity contribution in [2.24, 2.45) is 0 Å². The van der Waals surface area contributed by atoms with Crippen molar-refractivity contribution in [2.75, 3.05) is 7.11 Å². The number of benzene rings is 1. The van der Waals surface area contributed by atoms with Crippen molar-refractivity contribution in [3.05, 3.63) is 66.1 Å². The Balaban J connectivity index is 1.99. The highest BCUT2D eigenvalue weighted by atomic mass is 19.3. The molecule has 3 aromatic rings. The summed E-state index contributed by atoms with van der Waals surface area (Å²) >= 11 is 0. The first-order valence-electron chi connectivity index (χ1n) is 8.16. The number of hydrogen-bond donors (Lipinski definition) is 0. The van der Waals surface area contributed by atoms with E-state index >= 15 is 0 Å². The molecule has 0 aliphatic carbocycles. The van der Waals surface area contributed by atoms with E-state index in [1.54, 1.807) is 43.9 Å².